The van der Waals surface area contributed by atoms with Crippen LogP contribution in [-0.4, -0.2) is 73.7 Å². The molecule has 9 rings (SSSR count). The Kier molecular flexibility index (Phi) is 15.9. The maximum absolute atomic E-state index is 14.2. The van der Waals surface area contributed by atoms with Gasteiger partial charge in [-0.3, -0.25) is 28.8 Å². The first-order valence-electron chi connectivity index (χ1n) is 26.3. The van der Waals surface area contributed by atoms with Crippen molar-refractivity contribution in [1.29, 1.82) is 0 Å². The summed E-state index contributed by atoms with van der Waals surface area (Å²) in [5.74, 6) is 0.176. The van der Waals surface area contributed by atoms with E-state index < -0.39 is 23.9 Å². The lowest BCUT2D eigenvalue weighted by Crippen LogP contribution is -2.53. The van der Waals surface area contributed by atoms with Crippen molar-refractivity contribution in [2.45, 2.75) is 136 Å². The third-order valence-corrected chi connectivity index (χ3v) is 14.9. The van der Waals surface area contributed by atoms with Gasteiger partial charge >= 0.3 is 0 Å². The summed E-state index contributed by atoms with van der Waals surface area (Å²) in [6.45, 7) is 7.11. The zero-order valence-corrected chi connectivity index (χ0v) is 43.7. The van der Waals surface area contributed by atoms with Gasteiger partial charge in [0.15, 0.2) is 23.0 Å². The molecule has 75 heavy (non-hydrogen) atoms. The molecule has 4 heterocycles. The van der Waals surface area contributed by atoms with Crippen LogP contribution in [0.2, 0.25) is 0 Å². The molecular weight excluding hydrogens is 951 g/mol. The predicted octanol–water partition coefficient (Wildman–Crippen LogP) is 9.02. The minimum absolute atomic E-state index is 0.0456. The number of aryl methyl sites for hydroxylation is 2. The smallest absolute Gasteiger partial charge is 0.258 e. The molecule has 5 aromatic rings. The van der Waals surface area contributed by atoms with Crippen LogP contribution in [0, 0.1) is 5.92 Å². The van der Waals surface area contributed by atoms with Crippen LogP contribution in [0.5, 0.6) is 23.0 Å². The van der Waals surface area contributed by atoms with E-state index in [-0.39, 0.29) is 61.1 Å². The SMILES string of the molecule is CCC(=O)CCCCC(=O)N[C@H](C(=O)N[C@@H](C)C(=O)Nc1cc(COc2cc3c(cc2OC)C(=O)N2c4ccccc4C[C@H]2CC3)cc(COc2cc3c(cc2OC)C(=O)N2c4ccccc4C[C@H]2CC3)c1)C(C)C. The molecule has 5 amide bonds. The van der Waals surface area contributed by atoms with Gasteiger partial charge < -0.3 is 44.7 Å². The second-order valence-corrected chi connectivity index (χ2v) is 20.4. The molecule has 0 saturated heterocycles. The number of unbranched alkanes of at least 4 members (excludes halogenated alkanes) is 1. The summed E-state index contributed by atoms with van der Waals surface area (Å²) in [5, 5.41) is 8.57. The molecule has 0 saturated carbocycles. The Labute approximate surface area is 438 Å². The molecular formula is C60H67N5O10. The van der Waals surface area contributed by atoms with Gasteiger partial charge in [0, 0.05) is 59.5 Å². The van der Waals surface area contributed by atoms with Gasteiger partial charge in [-0.2, -0.15) is 0 Å². The lowest BCUT2D eigenvalue weighted by Gasteiger charge is -2.24. The minimum atomic E-state index is -0.998. The highest BCUT2D eigenvalue weighted by atomic mass is 16.5. The summed E-state index contributed by atoms with van der Waals surface area (Å²) >= 11 is 0. The molecule has 4 aliphatic rings. The Bertz CT molecular complexity index is 2870. The fourth-order valence-electron chi connectivity index (χ4n) is 10.9. The third kappa shape index (κ3) is 11.4. The van der Waals surface area contributed by atoms with Gasteiger partial charge in [0.25, 0.3) is 11.8 Å². The van der Waals surface area contributed by atoms with Crippen molar-refractivity contribution >= 4 is 52.4 Å². The summed E-state index contributed by atoms with van der Waals surface area (Å²) in [6, 6.07) is 27.1. The molecule has 392 valence electrons. The van der Waals surface area contributed by atoms with Gasteiger partial charge in [0.2, 0.25) is 17.7 Å². The lowest BCUT2D eigenvalue weighted by molar-refractivity contribution is -0.131. The first-order chi connectivity index (χ1) is 36.2. The number of ether oxygens (including phenoxy) is 4. The molecule has 0 aromatic heterocycles. The Hall–Kier alpha value is -7.68. The van der Waals surface area contributed by atoms with Crippen molar-refractivity contribution in [2.24, 2.45) is 5.92 Å². The van der Waals surface area contributed by atoms with Gasteiger partial charge in [0.1, 0.15) is 31.1 Å². The van der Waals surface area contributed by atoms with Crippen molar-refractivity contribution in [3.05, 3.63) is 136 Å². The number of Topliss-reactive ketones (excluding diaryl/α,β-unsaturated/α-hetero) is 1. The summed E-state index contributed by atoms with van der Waals surface area (Å²) < 4.78 is 24.7. The van der Waals surface area contributed by atoms with Crippen LogP contribution in [0.1, 0.15) is 127 Å². The number of ketones is 1. The van der Waals surface area contributed by atoms with E-state index in [9.17, 15) is 28.8 Å². The molecule has 0 fully saturated rings. The molecule has 15 heteroatoms. The number of rotatable bonds is 20. The molecule has 4 aliphatic heterocycles. The molecule has 0 bridgehead atoms. The number of benzene rings is 5. The molecule has 4 atom stereocenters. The first kappa shape index (κ1) is 52.2. The zero-order chi connectivity index (χ0) is 52.9. The number of nitrogens with one attached hydrogen (secondary N) is 3. The minimum Gasteiger partial charge on any atom is -0.493 e. The predicted molar refractivity (Wildman–Crippen MR) is 286 cm³/mol. The average molecular weight is 1020 g/mol. The zero-order valence-electron chi connectivity index (χ0n) is 43.7. The normalized spacial score (nSPS) is 16.9. The average Bonchev–Trinajstić information content (AvgIpc) is 3.90. The first-order valence-corrected chi connectivity index (χ1v) is 26.3. The summed E-state index contributed by atoms with van der Waals surface area (Å²) in [7, 11) is 3.09. The third-order valence-electron chi connectivity index (χ3n) is 14.9. The van der Waals surface area contributed by atoms with Crippen LogP contribution in [0.3, 0.4) is 0 Å². The van der Waals surface area contributed by atoms with Gasteiger partial charge in [-0.15, -0.1) is 0 Å². The number of anilines is 3. The number of hydrogen-bond acceptors (Lipinski definition) is 10. The van der Waals surface area contributed by atoms with Gasteiger partial charge in [-0.25, -0.2) is 0 Å². The maximum Gasteiger partial charge on any atom is 0.258 e. The Balaban J connectivity index is 0.939. The molecule has 0 spiro atoms. The number of fused-ring (bicyclic) bond motifs is 8. The van der Waals surface area contributed by atoms with E-state index in [1.165, 1.54) is 11.1 Å². The van der Waals surface area contributed by atoms with Crippen molar-refractivity contribution in [3.63, 3.8) is 0 Å². The van der Waals surface area contributed by atoms with Crippen molar-refractivity contribution in [3.8, 4) is 23.0 Å². The number of carbonyl (C=O) groups excluding carboxylic acids is 6. The fraction of sp³-hybridized carbons (Fsp3) is 0.400. The fourth-order valence-corrected chi connectivity index (χ4v) is 10.9. The standard InChI is InChI=1S/C60H67N5O10/c1-7-46(66)16-10-13-19-55(67)63-56(35(2)3)58(69)61-36(4)57(68)62-43-25-37(33-74-53-29-39-20-22-44-27-41-14-8-11-17-49(41)64(44)59(70)47(39)31-51(53)72-5)24-38(26-43)34-75-54-30-40-21-23-45-28-42-15-9-12-18-50(42)65(45)60(71)48(40)32-52(54)73-6/h8-9,11-12,14-15,17-18,24-26,29-32,35-36,44-45,56H,7,10,13,16,19-23,27-28,33-34H2,1-6H3,(H,61,69)(H,62,68)(H,63,67)/t36-,44+,45+,56-/m0/s1. The van der Waals surface area contributed by atoms with E-state index >= 15 is 0 Å². The quantitative estimate of drug-likeness (QED) is 0.0637. The van der Waals surface area contributed by atoms with Crippen LogP contribution in [0.15, 0.2) is 91.0 Å². The number of carbonyl (C=O) groups is 6. The van der Waals surface area contributed by atoms with Gasteiger partial charge in [0.05, 0.1) is 14.2 Å². The van der Waals surface area contributed by atoms with E-state index in [2.05, 4.69) is 28.1 Å². The number of hydrogen-bond donors (Lipinski definition) is 3. The number of para-hydroxylation sites is 2. The number of nitrogens with zero attached hydrogens (tertiary/aromatic N) is 2. The lowest BCUT2D eigenvalue weighted by atomic mass is 9.99. The second-order valence-electron chi connectivity index (χ2n) is 20.4. The number of methoxy groups -OCH3 is 2. The Morgan fingerprint density at radius 2 is 1.12 bits per heavy atom. The van der Waals surface area contributed by atoms with Crippen LogP contribution >= 0.6 is 0 Å². The van der Waals surface area contributed by atoms with Crippen LogP contribution in [-0.2, 0) is 58.1 Å². The monoisotopic (exact) mass is 1020 g/mol. The van der Waals surface area contributed by atoms with Gasteiger partial charge in [-0.1, -0.05) is 57.2 Å². The van der Waals surface area contributed by atoms with Crippen molar-refractivity contribution < 1.29 is 47.7 Å². The van der Waals surface area contributed by atoms with Crippen LogP contribution in [0.25, 0.3) is 0 Å². The van der Waals surface area contributed by atoms with Crippen molar-refractivity contribution in [1.82, 2.24) is 10.6 Å². The summed E-state index contributed by atoms with van der Waals surface area (Å²) in [6.07, 6.45) is 6.70. The summed E-state index contributed by atoms with van der Waals surface area (Å²) in [5.41, 5.74) is 8.88. The highest BCUT2D eigenvalue weighted by Crippen LogP contribution is 2.43. The van der Waals surface area contributed by atoms with Crippen LogP contribution < -0.4 is 44.7 Å². The van der Waals surface area contributed by atoms with E-state index in [4.69, 9.17) is 18.9 Å². The Morgan fingerprint density at radius 1 is 0.613 bits per heavy atom. The molecule has 0 aliphatic carbocycles. The molecule has 5 aromatic carbocycles. The van der Waals surface area contributed by atoms with Crippen molar-refractivity contribution in [2.75, 3.05) is 29.3 Å². The second kappa shape index (κ2) is 22.8. The van der Waals surface area contributed by atoms with Gasteiger partial charge in [-0.05, 0) is 152 Å². The molecule has 0 radical (unpaired) electrons. The molecule has 15 nitrogen and oxygen atoms in total. The highest BCUT2D eigenvalue weighted by molar-refractivity contribution is 6.10. The van der Waals surface area contributed by atoms with Crippen LogP contribution in [0.4, 0.5) is 17.1 Å². The largest absolute Gasteiger partial charge is 0.493 e. The van der Waals surface area contributed by atoms with E-state index in [1.807, 2.05) is 85.2 Å². The summed E-state index contributed by atoms with van der Waals surface area (Å²) in [4.78, 5) is 84.3. The number of amides is 5. The van der Waals surface area contributed by atoms with E-state index in [0.29, 0.717) is 89.5 Å². The van der Waals surface area contributed by atoms with E-state index in [0.717, 1.165) is 48.2 Å². The molecule has 3 N–H and O–H groups in total. The van der Waals surface area contributed by atoms with E-state index in [1.54, 1.807) is 45.4 Å². The maximum atomic E-state index is 14.2. The Morgan fingerprint density at radius 3 is 1.61 bits per heavy atom. The highest BCUT2D eigenvalue weighted by Gasteiger charge is 2.39. The molecule has 0 unspecified atom stereocenters. The topological polar surface area (TPSA) is 182 Å².